The lowest BCUT2D eigenvalue weighted by Gasteiger charge is -2.18. The van der Waals surface area contributed by atoms with Crippen LogP contribution in [-0.4, -0.2) is 67.7 Å². The normalized spacial score (nSPS) is 11.7. The van der Waals surface area contributed by atoms with Crippen molar-refractivity contribution in [3.8, 4) is 33.4 Å². The second-order valence-corrected chi connectivity index (χ2v) is 32.7. The predicted molar refractivity (Wildman–Crippen MR) is 403 cm³/mol. The number of carbonyl (C=O) groups is 2. The molecule has 0 radical (unpaired) electrons. The number of halogens is 3. The van der Waals surface area contributed by atoms with Crippen molar-refractivity contribution in [2.45, 2.75) is 72.0 Å². The van der Waals surface area contributed by atoms with E-state index in [-0.39, 0.29) is 0 Å². The van der Waals surface area contributed by atoms with Gasteiger partial charge in [-0.2, -0.15) is 0 Å². The van der Waals surface area contributed by atoms with Crippen LogP contribution in [0.2, 0.25) is 15.1 Å². The SMILES string of the molecule is CC(C)(C)OC(=O)Nc1nc2c(-c3cccc(Cl)c3)cc(Cc3ccc(N)cc3)cc2s1.CC(C)(C)OC(=O)Nc1nc2c(-c3cccc(Cl)c3)cc(Cc3ccc(NS(C)(=O)=O)cc3)cc2s1.CS(=O)(=O)Nc1ccc(Cc2cc(-c3cccc(Cl)c3)c3nc(N)sc3c2)cc1. The highest BCUT2D eigenvalue weighted by atomic mass is 35.5. The fraction of sp³-hybridized carbons (Fsp3) is 0.181. The number of thiazole rings is 3. The Morgan fingerprint density at radius 3 is 1.07 bits per heavy atom. The van der Waals surface area contributed by atoms with E-state index in [9.17, 15) is 26.4 Å². The van der Waals surface area contributed by atoms with Gasteiger partial charge in [0.15, 0.2) is 15.4 Å². The topological polar surface area (TPSA) is 260 Å². The molecule has 97 heavy (non-hydrogen) atoms. The number of benzene rings is 9. The van der Waals surface area contributed by atoms with Crippen LogP contribution in [0.4, 0.5) is 42.0 Å². The molecule has 500 valence electrons. The van der Waals surface area contributed by atoms with E-state index in [1.54, 1.807) is 45.0 Å². The maximum absolute atomic E-state index is 12.3. The van der Waals surface area contributed by atoms with Crippen molar-refractivity contribution in [3.63, 3.8) is 0 Å². The Bertz CT molecular complexity index is 5110. The molecule has 3 heterocycles. The third-order valence-corrected chi connectivity index (χ3v) is 18.6. The maximum atomic E-state index is 12.3. The summed E-state index contributed by atoms with van der Waals surface area (Å²) in [5, 5.41) is 8.88. The number of hydrogen-bond donors (Lipinski definition) is 6. The largest absolute Gasteiger partial charge is 0.444 e. The summed E-state index contributed by atoms with van der Waals surface area (Å²) in [4.78, 5) is 38.4. The lowest BCUT2D eigenvalue weighted by Crippen LogP contribution is -2.27. The number of aromatic nitrogens is 3. The summed E-state index contributed by atoms with van der Waals surface area (Å²) < 4.78 is 64.3. The van der Waals surface area contributed by atoms with Crippen molar-refractivity contribution in [3.05, 3.63) is 230 Å². The molecule has 8 N–H and O–H groups in total. The number of nitrogens with one attached hydrogen (secondary N) is 4. The molecule has 0 saturated heterocycles. The van der Waals surface area contributed by atoms with Gasteiger partial charge in [0.2, 0.25) is 20.0 Å². The van der Waals surface area contributed by atoms with Crippen molar-refractivity contribution in [2.75, 3.05) is 44.1 Å². The van der Waals surface area contributed by atoms with Gasteiger partial charge >= 0.3 is 12.2 Å². The average molecular weight is 1450 g/mol. The Hall–Kier alpha value is -8.84. The lowest BCUT2D eigenvalue weighted by atomic mass is 9.98. The van der Waals surface area contributed by atoms with Crippen LogP contribution in [0.1, 0.15) is 74.9 Å². The molecule has 0 atom stereocenters. The third kappa shape index (κ3) is 20.6. The summed E-state index contributed by atoms with van der Waals surface area (Å²) in [5.74, 6) is 0. The van der Waals surface area contributed by atoms with Crippen LogP contribution in [0.5, 0.6) is 0 Å². The summed E-state index contributed by atoms with van der Waals surface area (Å²) in [6.07, 6.45) is 3.23. The highest BCUT2D eigenvalue weighted by Crippen LogP contribution is 2.40. The molecular formula is C72H68Cl3N9O8S5. The zero-order chi connectivity index (χ0) is 69.6. The van der Waals surface area contributed by atoms with Crippen LogP contribution in [0.25, 0.3) is 64.0 Å². The number of nitrogen functional groups attached to an aromatic ring is 2. The van der Waals surface area contributed by atoms with E-state index in [0.29, 0.717) is 54.7 Å². The summed E-state index contributed by atoms with van der Waals surface area (Å²) in [7, 11) is -6.62. The van der Waals surface area contributed by atoms with Gasteiger partial charge in [0.1, 0.15) is 11.2 Å². The minimum Gasteiger partial charge on any atom is -0.444 e. The zero-order valence-corrected chi connectivity index (χ0v) is 60.2. The molecule has 0 bridgehead atoms. The van der Waals surface area contributed by atoms with Gasteiger partial charge in [0, 0.05) is 48.8 Å². The number of hydrogen-bond acceptors (Lipinski definition) is 16. The predicted octanol–water partition coefficient (Wildman–Crippen LogP) is 19.2. The molecule has 0 spiro atoms. The van der Waals surface area contributed by atoms with Gasteiger partial charge in [-0.3, -0.25) is 20.1 Å². The number of nitrogens with two attached hydrogens (primary N) is 2. The van der Waals surface area contributed by atoms with Crippen LogP contribution >= 0.6 is 68.8 Å². The van der Waals surface area contributed by atoms with Crippen LogP contribution in [0, 0.1) is 0 Å². The van der Waals surface area contributed by atoms with Gasteiger partial charge in [0.25, 0.3) is 0 Å². The van der Waals surface area contributed by atoms with Gasteiger partial charge < -0.3 is 20.9 Å². The Labute approximate surface area is 590 Å². The van der Waals surface area contributed by atoms with E-state index < -0.39 is 43.4 Å². The first-order chi connectivity index (χ1) is 45.8. The standard InChI is InChI=1S/C26H26ClN3O4S2.C25H24ClN3O2S.C21H18ClN3O2S2/c1-26(2,3)34-25(31)29-24-28-23-21(18-6-5-7-19(27)15-18)13-17(14-22(23)35-24)12-16-8-10-20(11-9-16)30-36(4,32)33;1-25(2,3)31-24(30)29-23-28-22-20(17-5-4-6-18(26)14-17)12-16(13-21(22)32-23)11-15-7-9-19(27)10-8-15;1-29(26,27)25-17-7-5-13(6-8-17)9-14-10-18(15-3-2-4-16(22)12-15)20-19(11-14)28-21(23)24-20/h5-11,13-15,30H,12H2,1-4H3,(H,28,29,31);4-10,12-14H,11,27H2,1-3H3,(H,28,29,30);2-8,10-12,25H,9H2,1H3,(H2,23,24). The maximum Gasteiger partial charge on any atom is 0.413 e. The molecule has 17 nitrogen and oxygen atoms in total. The van der Waals surface area contributed by atoms with Gasteiger partial charge in [-0.25, -0.2) is 41.4 Å². The van der Waals surface area contributed by atoms with Gasteiger partial charge in [-0.05, 0) is 220 Å². The van der Waals surface area contributed by atoms with Crippen molar-refractivity contribution in [1.82, 2.24) is 15.0 Å². The fourth-order valence-corrected chi connectivity index (χ4v) is 14.7. The first kappa shape index (κ1) is 70.9. The fourth-order valence-electron chi connectivity index (χ4n) is 10.3. The third-order valence-electron chi connectivity index (χ3n) is 14.0. The monoisotopic (exact) mass is 1450 g/mol. The number of sulfonamides is 2. The van der Waals surface area contributed by atoms with Crippen LogP contribution in [0.3, 0.4) is 0 Å². The van der Waals surface area contributed by atoms with Crippen molar-refractivity contribution in [2.24, 2.45) is 0 Å². The molecule has 9 aromatic carbocycles. The number of rotatable bonds is 15. The van der Waals surface area contributed by atoms with E-state index in [2.05, 4.69) is 60.4 Å². The van der Waals surface area contributed by atoms with Gasteiger partial charge in [-0.15, -0.1) is 0 Å². The number of nitrogens with zero attached hydrogens (tertiary/aromatic N) is 3. The molecule has 25 heteroatoms. The molecule has 0 aliphatic rings. The van der Waals surface area contributed by atoms with Crippen molar-refractivity contribution < 1.29 is 35.9 Å². The summed E-state index contributed by atoms with van der Waals surface area (Å²) >= 11 is 23.0. The Morgan fingerprint density at radius 1 is 0.433 bits per heavy atom. The van der Waals surface area contributed by atoms with Crippen LogP contribution < -0.4 is 31.5 Å². The number of fused-ring (bicyclic) bond motifs is 3. The first-order valence-corrected chi connectivity index (χ1v) is 37.5. The Balaban J connectivity index is 0.000000159. The van der Waals surface area contributed by atoms with Crippen LogP contribution in [0.15, 0.2) is 182 Å². The highest BCUT2D eigenvalue weighted by Gasteiger charge is 2.22. The summed E-state index contributed by atoms with van der Waals surface area (Å²) in [6.45, 7) is 10.9. The lowest BCUT2D eigenvalue weighted by molar-refractivity contribution is 0.0624. The molecule has 2 amide bonds. The van der Waals surface area contributed by atoms with E-state index in [1.165, 1.54) is 34.0 Å². The number of anilines is 6. The van der Waals surface area contributed by atoms with Crippen molar-refractivity contribution >= 4 is 164 Å². The molecule has 0 aliphatic carbocycles. The average Bonchev–Trinajstić information content (AvgIpc) is 1.69. The molecule has 3 aromatic heterocycles. The zero-order valence-electron chi connectivity index (χ0n) is 53.9. The van der Waals surface area contributed by atoms with Gasteiger partial charge in [-0.1, -0.05) is 142 Å². The number of amides is 2. The molecular weight excluding hydrogens is 1390 g/mol. The van der Waals surface area contributed by atoms with Gasteiger partial charge in [0.05, 0.1) is 43.2 Å². The van der Waals surface area contributed by atoms with E-state index in [4.69, 9.17) is 60.7 Å². The molecule has 12 rings (SSSR count). The molecule has 0 unspecified atom stereocenters. The van der Waals surface area contributed by atoms with E-state index in [0.717, 1.165) is 122 Å². The summed E-state index contributed by atoms with van der Waals surface area (Å²) in [5.41, 5.74) is 27.0. The Kier molecular flexibility index (Phi) is 21.9. The van der Waals surface area contributed by atoms with Crippen molar-refractivity contribution in [1.29, 1.82) is 0 Å². The minimum atomic E-state index is -3.33. The quantitative estimate of drug-likeness (QED) is 0.0523. The second-order valence-electron chi connectivity index (χ2n) is 24.8. The summed E-state index contributed by atoms with van der Waals surface area (Å²) in [6, 6.07) is 57.9. The second kappa shape index (κ2) is 29.9. The van der Waals surface area contributed by atoms with E-state index >= 15 is 0 Å². The molecule has 0 fully saturated rings. The molecule has 12 aromatic rings. The first-order valence-electron chi connectivity index (χ1n) is 30.1. The smallest absolute Gasteiger partial charge is 0.413 e. The van der Waals surface area contributed by atoms with Crippen LogP contribution in [-0.2, 0) is 48.8 Å². The molecule has 0 saturated carbocycles. The number of carbonyl (C=O) groups excluding carboxylic acids is 2. The molecule has 0 aliphatic heterocycles. The highest BCUT2D eigenvalue weighted by molar-refractivity contribution is 7.92. The Morgan fingerprint density at radius 2 is 0.753 bits per heavy atom. The van der Waals surface area contributed by atoms with E-state index in [1.807, 2.05) is 148 Å². The minimum absolute atomic E-state index is 0.441. The number of ether oxygens (including phenoxy) is 2.